The fraction of sp³-hybridized carbons (Fsp3) is 0. The minimum atomic E-state index is -0.631. The van der Waals surface area contributed by atoms with Gasteiger partial charge in [-0.25, -0.2) is 0 Å². The number of ketones is 1. The maximum atomic E-state index is 11.8. The molecule has 0 saturated heterocycles. The average Bonchev–Trinajstić information content (AvgIpc) is 3.02. The summed E-state index contributed by atoms with van der Waals surface area (Å²) in [5.41, 5.74) is -0.103. The first kappa shape index (κ1) is 14.1. The van der Waals surface area contributed by atoms with Gasteiger partial charge in [0.25, 0.3) is 11.5 Å². The van der Waals surface area contributed by atoms with Gasteiger partial charge in [-0.3, -0.25) is 14.9 Å². The van der Waals surface area contributed by atoms with E-state index in [2.05, 4.69) is 10.2 Å². The molecule has 1 heterocycles. The van der Waals surface area contributed by atoms with E-state index in [1.54, 1.807) is 0 Å². The number of non-ortho nitro benzene ring substituents is 1. The molecule has 0 bridgehead atoms. The lowest BCUT2D eigenvalue weighted by molar-refractivity contribution is -0.384. The predicted molar refractivity (Wildman–Crippen MR) is 71.4 cm³/mol. The monoisotopic (exact) mass is 287 g/mol. The molecule has 1 aromatic carbocycles. The van der Waals surface area contributed by atoms with Gasteiger partial charge in [0.1, 0.15) is 6.26 Å². The van der Waals surface area contributed by atoms with Crippen LogP contribution in [0.5, 0.6) is 0 Å². The third-order valence-corrected chi connectivity index (χ3v) is 2.43. The number of carbonyl (C=O) groups is 1. The molecule has 2 aromatic rings. The van der Waals surface area contributed by atoms with E-state index in [1.165, 1.54) is 42.7 Å². The Balaban J connectivity index is 2.15. The highest BCUT2D eigenvalue weighted by atomic mass is 16.6. The van der Waals surface area contributed by atoms with Crippen LogP contribution in [0.2, 0.25) is 0 Å². The minimum Gasteiger partial charge on any atom is -0.513 e. The lowest BCUT2D eigenvalue weighted by Gasteiger charge is -1.96. The first-order chi connectivity index (χ1) is 10.1. The highest BCUT2D eigenvalue weighted by molar-refractivity contribution is 6.06. The maximum absolute atomic E-state index is 11.8. The minimum absolute atomic E-state index is 0.0120. The number of hydrogen-bond acceptors (Lipinski definition) is 7. The number of nitrogens with zero attached hydrogens (tertiary/aromatic N) is 3. The molecule has 0 radical (unpaired) electrons. The van der Waals surface area contributed by atoms with Crippen LogP contribution in [-0.2, 0) is 0 Å². The predicted octanol–water partition coefficient (Wildman–Crippen LogP) is 3.55. The Morgan fingerprint density at radius 3 is 2.52 bits per heavy atom. The molecule has 0 spiro atoms. The summed E-state index contributed by atoms with van der Waals surface area (Å²) in [5.74, 6) is -0.619. The lowest BCUT2D eigenvalue weighted by atomic mass is 10.2. The first-order valence-electron chi connectivity index (χ1n) is 5.70. The van der Waals surface area contributed by atoms with E-state index in [9.17, 15) is 14.9 Å². The number of nitro groups is 1. The van der Waals surface area contributed by atoms with Gasteiger partial charge in [0.05, 0.1) is 16.9 Å². The van der Waals surface area contributed by atoms with E-state index in [1.807, 2.05) is 0 Å². The van der Waals surface area contributed by atoms with E-state index >= 15 is 0 Å². The third kappa shape index (κ3) is 3.38. The highest BCUT2D eigenvalue weighted by Gasteiger charge is 2.15. The van der Waals surface area contributed by atoms with Crippen molar-refractivity contribution in [3.8, 4) is 0 Å². The van der Waals surface area contributed by atoms with Crippen molar-refractivity contribution in [1.29, 1.82) is 0 Å². The van der Waals surface area contributed by atoms with Crippen LogP contribution in [0.15, 0.2) is 69.3 Å². The number of allylic oxidation sites excluding steroid dienone is 1. The second-order valence-electron chi connectivity index (χ2n) is 3.79. The van der Waals surface area contributed by atoms with Crippen LogP contribution < -0.4 is 0 Å². The molecule has 8 nitrogen and oxygen atoms in total. The maximum Gasteiger partial charge on any atom is 0.269 e. The molecule has 0 saturated carbocycles. The van der Waals surface area contributed by atoms with E-state index in [4.69, 9.17) is 9.52 Å². The van der Waals surface area contributed by atoms with Crippen LogP contribution in [0, 0.1) is 10.1 Å². The van der Waals surface area contributed by atoms with Crippen molar-refractivity contribution in [2.45, 2.75) is 0 Å². The number of nitro benzene ring substituents is 1. The van der Waals surface area contributed by atoms with Gasteiger partial charge in [0, 0.05) is 12.1 Å². The number of hydrogen-bond donors (Lipinski definition) is 1. The topological polar surface area (TPSA) is 118 Å². The summed E-state index contributed by atoms with van der Waals surface area (Å²) in [5, 5.41) is 26.8. The summed E-state index contributed by atoms with van der Waals surface area (Å²) < 4.78 is 4.89. The van der Waals surface area contributed by atoms with E-state index in [0.717, 1.165) is 0 Å². The van der Waals surface area contributed by atoms with Gasteiger partial charge in [-0.15, -0.1) is 5.11 Å². The Hall–Kier alpha value is -3.29. The van der Waals surface area contributed by atoms with E-state index in [-0.39, 0.29) is 17.1 Å². The molecule has 0 aliphatic carbocycles. The van der Waals surface area contributed by atoms with Crippen LogP contribution in [0.4, 0.5) is 11.4 Å². The quantitative estimate of drug-likeness (QED) is 0.225. The fourth-order valence-corrected chi connectivity index (χ4v) is 1.42. The molecule has 8 heteroatoms. The molecule has 1 N–H and O–H groups in total. The molecule has 0 aliphatic rings. The smallest absolute Gasteiger partial charge is 0.269 e. The second kappa shape index (κ2) is 6.24. The normalized spacial score (nSPS) is 11.7. The summed E-state index contributed by atoms with van der Waals surface area (Å²) in [6.45, 7) is 0. The Kier molecular flexibility index (Phi) is 4.20. The van der Waals surface area contributed by atoms with Gasteiger partial charge in [0.15, 0.2) is 11.5 Å². The molecular weight excluding hydrogens is 278 g/mol. The SMILES string of the molecule is O=C(/C(=C\O)N=Nc1ccc([N+](=O)[O-])cc1)c1ccco1. The van der Waals surface area contributed by atoms with Gasteiger partial charge >= 0.3 is 0 Å². The third-order valence-electron chi connectivity index (χ3n) is 2.43. The van der Waals surface area contributed by atoms with Crippen molar-refractivity contribution in [3.05, 3.63) is 70.5 Å². The molecule has 0 atom stereocenters. The van der Waals surface area contributed by atoms with Crippen LogP contribution in [0.3, 0.4) is 0 Å². The van der Waals surface area contributed by atoms with E-state index < -0.39 is 10.7 Å². The zero-order valence-electron chi connectivity index (χ0n) is 10.5. The summed E-state index contributed by atoms with van der Waals surface area (Å²) in [4.78, 5) is 21.8. The largest absolute Gasteiger partial charge is 0.513 e. The standard InChI is InChI=1S/C13H9N3O5/c17-8-11(13(18)12-2-1-7-21-12)15-14-9-3-5-10(6-4-9)16(19)20/h1-8,17H/b11-8+,15-14?. The molecule has 1 aromatic heterocycles. The molecule has 0 fully saturated rings. The summed E-state index contributed by atoms with van der Waals surface area (Å²) in [6.07, 6.45) is 1.83. The van der Waals surface area contributed by atoms with Crippen molar-refractivity contribution < 1.29 is 19.2 Å². The number of azo groups is 1. The van der Waals surface area contributed by atoms with Gasteiger partial charge in [-0.1, -0.05) is 0 Å². The number of benzene rings is 1. The zero-order valence-corrected chi connectivity index (χ0v) is 10.5. The zero-order chi connectivity index (χ0) is 15.2. The molecule has 0 aliphatic heterocycles. The number of carbonyl (C=O) groups excluding carboxylic acids is 1. The lowest BCUT2D eigenvalue weighted by Crippen LogP contribution is -1.99. The molecule has 2 rings (SSSR count). The van der Waals surface area contributed by atoms with Crippen molar-refractivity contribution in [3.63, 3.8) is 0 Å². The number of aliphatic hydroxyl groups excluding tert-OH is 1. The van der Waals surface area contributed by atoms with Crippen molar-refractivity contribution in [2.24, 2.45) is 10.2 Å². The fourth-order valence-electron chi connectivity index (χ4n) is 1.42. The number of rotatable bonds is 5. The Labute approximate surface area is 118 Å². The van der Waals surface area contributed by atoms with Crippen molar-refractivity contribution in [2.75, 3.05) is 0 Å². The van der Waals surface area contributed by atoms with Crippen molar-refractivity contribution in [1.82, 2.24) is 0 Å². The number of furan rings is 1. The highest BCUT2D eigenvalue weighted by Crippen LogP contribution is 2.19. The molecule has 0 amide bonds. The average molecular weight is 287 g/mol. The summed E-state index contributed by atoms with van der Waals surface area (Å²) in [6, 6.07) is 8.20. The Morgan fingerprint density at radius 1 is 1.29 bits per heavy atom. The van der Waals surface area contributed by atoms with Crippen LogP contribution in [-0.4, -0.2) is 15.8 Å². The molecule has 0 unspecified atom stereocenters. The first-order valence-corrected chi connectivity index (χ1v) is 5.70. The van der Waals surface area contributed by atoms with Crippen LogP contribution in [0.1, 0.15) is 10.6 Å². The van der Waals surface area contributed by atoms with Gasteiger partial charge in [-0.2, -0.15) is 5.11 Å². The van der Waals surface area contributed by atoms with E-state index in [0.29, 0.717) is 11.9 Å². The molecule has 106 valence electrons. The number of aliphatic hydroxyl groups is 1. The summed E-state index contributed by atoms with van der Waals surface area (Å²) >= 11 is 0. The van der Waals surface area contributed by atoms with Crippen LogP contribution >= 0.6 is 0 Å². The molecule has 21 heavy (non-hydrogen) atoms. The van der Waals surface area contributed by atoms with Gasteiger partial charge < -0.3 is 9.52 Å². The second-order valence-corrected chi connectivity index (χ2v) is 3.79. The Bertz CT molecular complexity index is 702. The summed E-state index contributed by atoms with van der Waals surface area (Å²) in [7, 11) is 0. The van der Waals surface area contributed by atoms with Gasteiger partial charge in [-0.05, 0) is 24.3 Å². The Morgan fingerprint density at radius 2 is 2.00 bits per heavy atom. The van der Waals surface area contributed by atoms with Gasteiger partial charge in [0.2, 0.25) is 0 Å². The number of Topliss-reactive ketones (excluding diaryl/α,β-unsaturated/α-hetero) is 1. The van der Waals surface area contributed by atoms with Crippen molar-refractivity contribution >= 4 is 17.2 Å². The molecular formula is C13H9N3O5. The van der Waals surface area contributed by atoms with Crippen LogP contribution in [0.25, 0.3) is 0 Å².